The van der Waals surface area contributed by atoms with E-state index in [-0.39, 0.29) is 11.4 Å². The Kier molecular flexibility index (Phi) is 2.73. The van der Waals surface area contributed by atoms with Crippen molar-refractivity contribution in [2.24, 2.45) is 5.73 Å². The highest BCUT2D eigenvalue weighted by atomic mass is 16.6. The van der Waals surface area contributed by atoms with Crippen LogP contribution in [0.1, 0.15) is 11.7 Å². The summed E-state index contributed by atoms with van der Waals surface area (Å²) in [5, 5.41) is 18.7. The number of carbonyl (C=O) groups is 1. The minimum absolute atomic E-state index is 0.0862. The van der Waals surface area contributed by atoms with E-state index in [0.717, 1.165) is 12.3 Å². The number of nitro groups is 1. The standard InChI is InChI=1S/C7H7N3O4/c8-6(7(11)12)5-2-1-4(3-9-5)10(13)14/h1-3,6H,8H2,(H,11,12)/t6-/m1/s1. The molecule has 0 aliphatic carbocycles. The summed E-state index contributed by atoms with van der Waals surface area (Å²) in [6.07, 6.45) is 0.970. The van der Waals surface area contributed by atoms with E-state index in [2.05, 4.69) is 4.98 Å². The number of carboxylic acids is 1. The highest BCUT2D eigenvalue weighted by Crippen LogP contribution is 2.12. The Morgan fingerprint density at radius 3 is 2.64 bits per heavy atom. The summed E-state index contributed by atoms with van der Waals surface area (Å²) in [4.78, 5) is 23.6. The van der Waals surface area contributed by atoms with Crippen molar-refractivity contribution in [3.8, 4) is 0 Å². The molecule has 0 radical (unpaired) electrons. The third-order valence-electron chi connectivity index (χ3n) is 1.57. The third kappa shape index (κ3) is 2.02. The number of aliphatic carboxylic acids is 1. The van der Waals surface area contributed by atoms with Gasteiger partial charge in [-0.25, -0.2) is 0 Å². The summed E-state index contributed by atoms with van der Waals surface area (Å²) in [6, 6.07) is 1.12. The first-order valence-corrected chi connectivity index (χ1v) is 3.61. The predicted octanol–water partition coefficient (Wildman–Crippen LogP) is 0.0742. The molecule has 1 aromatic rings. The molecule has 0 saturated carbocycles. The molecule has 0 aromatic carbocycles. The van der Waals surface area contributed by atoms with Crippen LogP contribution >= 0.6 is 0 Å². The zero-order chi connectivity index (χ0) is 10.7. The molecular weight excluding hydrogens is 190 g/mol. The molecule has 7 nitrogen and oxygen atoms in total. The van der Waals surface area contributed by atoms with Gasteiger partial charge in [0, 0.05) is 6.07 Å². The Hall–Kier alpha value is -2.02. The number of hydrogen-bond acceptors (Lipinski definition) is 5. The van der Waals surface area contributed by atoms with Gasteiger partial charge in [-0.15, -0.1) is 0 Å². The maximum Gasteiger partial charge on any atom is 0.326 e. The molecule has 0 amide bonds. The van der Waals surface area contributed by atoms with Crippen LogP contribution in [0.5, 0.6) is 0 Å². The summed E-state index contributed by atoms with van der Waals surface area (Å²) in [7, 11) is 0. The lowest BCUT2D eigenvalue weighted by atomic mass is 10.2. The van der Waals surface area contributed by atoms with Gasteiger partial charge in [-0.3, -0.25) is 19.9 Å². The van der Waals surface area contributed by atoms with Gasteiger partial charge in [0.2, 0.25) is 0 Å². The van der Waals surface area contributed by atoms with Crippen LogP contribution in [0.3, 0.4) is 0 Å². The maximum atomic E-state index is 10.4. The number of hydrogen-bond donors (Lipinski definition) is 2. The van der Waals surface area contributed by atoms with E-state index in [0.29, 0.717) is 0 Å². The Morgan fingerprint density at radius 1 is 1.64 bits per heavy atom. The summed E-state index contributed by atoms with van der Waals surface area (Å²) >= 11 is 0. The van der Waals surface area contributed by atoms with E-state index in [1.165, 1.54) is 6.07 Å². The fraction of sp³-hybridized carbons (Fsp3) is 0.143. The number of nitrogens with two attached hydrogens (primary N) is 1. The number of nitrogens with zero attached hydrogens (tertiary/aromatic N) is 2. The van der Waals surface area contributed by atoms with Gasteiger partial charge in [-0.05, 0) is 6.07 Å². The van der Waals surface area contributed by atoms with Crippen molar-refractivity contribution in [3.63, 3.8) is 0 Å². The van der Waals surface area contributed by atoms with Gasteiger partial charge < -0.3 is 10.8 Å². The van der Waals surface area contributed by atoms with Gasteiger partial charge in [0.15, 0.2) is 0 Å². The van der Waals surface area contributed by atoms with Crippen LogP contribution in [0.2, 0.25) is 0 Å². The van der Waals surface area contributed by atoms with Crippen LogP contribution in [0.15, 0.2) is 18.3 Å². The highest BCUT2D eigenvalue weighted by molar-refractivity contribution is 5.74. The van der Waals surface area contributed by atoms with Crippen molar-refractivity contribution in [1.82, 2.24) is 4.98 Å². The van der Waals surface area contributed by atoms with Crippen LogP contribution in [-0.2, 0) is 4.79 Å². The van der Waals surface area contributed by atoms with E-state index >= 15 is 0 Å². The minimum atomic E-state index is -1.25. The van der Waals surface area contributed by atoms with Crippen molar-refractivity contribution in [2.45, 2.75) is 6.04 Å². The van der Waals surface area contributed by atoms with E-state index in [1.807, 2.05) is 0 Å². The quantitative estimate of drug-likeness (QED) is 0.522. The van der Waals surface area contributed by atoms with E-state index in [1.54, 1.807) is 0 Å². The van der Waals surface area contributed by atoms with Gasteiger partial charge in [0.1, 0.15) is 12.2 Å². The Labute approximate surface area is 78.3 Å². The van der Waals surface area contributed by atoms with Crippen LogP contribution in [0.25, 0.3) is 0 Å². The molecular formula is C7H7N3O4. The fourth-order valence-corrected chi connectivity index (χ4v) is 0.816. The van der Waals surface area contributed by atoms with E-state index in [4.69, 9.17) is 10.8 Å². The first kappa shape index (κ1) is 10.1. The second kappa shape index (κ2) is 3.79. The lowest BCUT2D eigenvalue weighted by Gasteiger charge is -2.03. The molecule has 1 rings (SSSR count). The Morgan fingerprint density at radius 2 is 2.29 bits per heavy atom. The van der Waals surface area contributed by atoms with E-state index in [9.17, 15) is 14.9 Å². The van der Waals surface area contributed by atoms with Gasteiger partial charge in [-0.2, -0.15) is 0 Å². The molecule has 1 aromatic heterocycles. The normalized spacial score (nSPS) is 12.1. The molecule has 14 heavy (non-hydrogen) atoms. The lowest BCUT2D eigenvalue weighted by Crippen LogP contribution is -2.21. The average Bonchev–Trinajstić information content (AvgIpc) is 2.16. The molecule has 0 fully saturated rings. The van der Waals surface area contributed by atoms with Crippen molar-refractivity contribution in [1.29, 1.82) is 0 Å². The number of aromatic nitrogens is 1. The number of pyridine rings is 1. The molecule has 3 N–H and O–H groups in total. The lowest BCUT2D eigenvalue weighted by molar-refractivity contribution is -0.385. The zero-order valence-electron chi connectivity index (χ0n) is 6.95. The first-order chi connectivity index (χ1) is 6.52. The van der Waals surface area contributed by atoms with Crippen LogP contribution in [-0.4, -0.2) is 21.0 Å². The fourth-order valence-electron chi connectivity index (χ4n) is 0.816. The molecule has 0 aliphatic rings. The second-order valence-corrected chi connectivity index (χ2v) is 2.51. The predicted molar refractivity (Wildman–Crippen MR) is 45.5 cm³/mol. The van der Waals surface area contributed by atoms with Crippen LogP contribution < -0.4 is 5.73 Å². The van der Waals surface area contributed by atoms with Crippen molar-refractivity contribution < 1.29 is 14.8 Å². The van der Waals surface area contributed by atoms with Gasteiger partial charge >= 0.3 is 5.97 Å². The first-order valence-electron chi connectivity index (χ1n) is 3.61. The summed E-state index contributed by atoms with van der Waals surface area (Å²) in [6.45, 7) is 0. The van der Waals surface area contributed by atoms with Gasteiger partial charge in [-0.1, -0.05) is 0 Å². The molecule has 0 saturated heterocycles. The van der Waals surface area contributed by atoms with Crippen molar-refractivity contribution >= 4 is 11.7 Å². The summed E-state index contributed by atoms with van der Waals surface area (Å²) in [5.74, 6) is -1.23. The topological polar surface area (TPSA) is 119 Å². The number of carboxylic acid groups (broad SMARTS) is 1. The maximum absolute atomic E-state index is 10.4. The number of rotatable bonds is 3. The molecule has 1 heterocycles. The van der Waals surface area contributed by atoms with Crippen molar-refractivity contribution in [3.05, 3.63) is 34.1 Å². The minimum Gasteiger partial charge on any atom is -0.480 e. The monoisotopic (exact) mass is 197 g/mol. The summed E-state index contributed by atoms with van der Waals surface area (Å²) < 4.78 is 0. The SMILES string of the molecule is N[C@@H](C(=O)O)c1ccc([N+](=O)[O-])cn1. The average molecular weight is 197 g/mol. The smallest absolute Gasteiger partial charge is 0.326 e. The molecule has 0 spiro atoms. The van der Waals surface area contributed by atoms with E-state index < -0.39 is 16.9 Å². The largest absolute Gasteiger partial charge is 0.480 e. The van der Waals surface area contributed by atoms with Crippen LogP contribution in [0, 0.1) is 10.1 Å². The summed E-state index contributed by atoms with van der Waals surface area (Å²) in [5.41, 5.74) is 5.12. The highest BCUT2D eigenvalue weighted by Gasteiger charge is 2.16. The molecule has 7 heteroatoms. The molecule has 74 valence electrons. The van der Waals surface area contributed by atoms with Gasteiger partial charge in [0.25, 0.3) is 5.69 Å². The second-order valence-electron chi connectivity index (χ2n) is 2.51. The molecule has 0 aliphatic heterocycles. The Balaban J connectivity index is 2.94. The molecule has 1 atom stereocenters. The van der Waals surface area contributed by atoms with Crippen molar-refractivity contribution in [2.75, 3.05) is 0 Å². The van der Waals surface area contributed by atoms with Gasteiger partial charge in [0.05, 0.1) is 10.6 Å². The Bertz CT molecular complexity index is 362. The van der Waals surface area contributed by atoms with Crippen LogP contribution in [0.4, 0.5) is 5.69 Å². The zero-order valence-corrected chi connectivity index (χ0v) is 6.95. The molecule has 0 bridgehead atoms. The third-order valence-corrected chi connectivity index (χ3v) is 1.57. The molecule has 0 unspecified atom stereocenters.